The first-order valence-electron chi connectivity index (χ1n) is 11.2. The maximum atomic E-state index is 13.7. The first kappa shape index (κ1) is 25.8. The number of benzene rings is 3. The van der Waals surface area contributed by atoms with E-state index < -0.39 is 34.2 Å². The summed E-state index contributed by atoms with van der Waals surface area (Å²) in [5.74, 6) is 0.400. The number of hydrogen-bond donors (Lipinski definition) is 0. The van der Waals surface area contributed by atoms with Crippen LogP contribution in [0.15, 0.2) is 60.7 Å². The first-order valence-corrected chi connectivity index (χ1v) is 11.2. The van der Waals surface area contributed by atoms with Gasteiger partial charge in [-0.2, -0.15) is 13.2 Å². The third-order valence-electron chi connectivity index (χ3n) is 6.18. The van der Waals surface area contributed by atoms with Gasteiger partial charge in [0.15, 0.2) is 11.5 Å². The van der Waals surface area contributed by atoms with Crippen molar-refractivity contribution in [2.75, 3.05) is 27.4 Å². The molecular weight excluding hydrogens is 493 g/mol. The number of halogens is 3. The maximum Gasteiger partial charge on any atom is 0.417 e. The summed E-state index contributed by atoms with van der Waals surface area (Å²) < 4.78 is 57.7. The summed E-state index contributed by atoms with van der Waals surface area (Å²) >= 11 is 0. The average Bonchev–Trinajstić information content (AvgIpc) is 2.90. The lowest BCUT2D eigenvalue weighted by Gasteiger charge is -2.38. The van der Waals surface area contributed by atoms with Crippen molar-refractivity contribution in [2.24, 2.45) is 0 Å². The number of fused-ring (bicyclic) bond motifs is 1. The van der Waals surface area contributed by atoms with E-state index in [1.807, 2.05) is 0 Å². The summed E-state index contributed by atoms with van der Waals surface area (Å²) in [5, 5.41) is 10.9. The Morgan fingerprint density at radius 3 is 2.32 bits per heavy atom. The largest absolute Gasteiger partial charge is 0.493 e. The number of carbonyl (C=O) groups excluding carboxylic acids is 1. The van der Waals surface area contributed by atoms with Gasteiger partial charge in [0.2, 0.25) is 0 Å². The molecule has 8 nitrogen and oxygen atoms in total. The predicted octanol–water partition coefficient (Wildman–Crippen LogP) is 5.45. The van der Waals surface area contributed by atoms with Crippen LogP contribution in [0.4, 0.5) is 18.9 Å². The van der Waals surface area contributed by atoms with E-state index in [0.717, 1.165) is 17.7 Å². The maximum absolute atomic E-state index is 13.7. The van der Waals surface area contributed by atoms with Gasteiger partial charge in [0.1, 0.15) is 12.4 Å². The fraction of sp³-hybridized carbons (Fsp3) is 0.269. The van der Waals surface area contributed by atoms with Crippen LogP contribution >= 0.6 is 0 Å². The zero-order chi connectivity index (χ0) is 26.7. The van der Waals surface area contributed by atoms with Crippen molar-refractivity contribution < 1.29 is 37.1 Å². The minimum absolute atomic E-state index is 0.111. The number of nitro benzene ring substituents is 1. The number of methoxy groups -OCH3 is 2. The molecule has 11 heteroatoms. The van der Waals surface area contributed by atoms with Crippen molar-refractivity contribution in [2.45, 2.75) is 18.6 Å². The molecule has 0 saturated carbocycles. The van der Waals surface area contributed by atoms with Gasteiger partial charge in [0.05, 0.1) is 36.3 Å². The lowest BCUT2D eigenvalue weighted by atomic mass is 9.91. The molecular formula is C26H23F3N2O6. The Morgan fingerprint density at radius 2 is 1.70 bits per heavy atom. The Balaban J connectivity index is 1.73. The van der Waals surface area contributed by atoms with Crippen molar-refractivity contribution in [1.82, 2.24) is 4.90 Å². The van der Waals surface area contributed by atoms with E-state index in [0.29, 0.717) is 29.2 Å². The number of ether oxygens (including phenoxy) is 3. The number of amides is 1. The van der Waals surface area contributed by atoms with E-state index in [2.05, 4.69) is 0 Å². The molecule has 0 spiro atoms. The molecule has 0 radical (unpaired) electrons. The first-order chi connectivity index (χ1) is 17.6. The van der Waals surface area contributed by atoms with Crippen LogP contribution in [0.1, 0.15) is 33.1 Å². The third-order valence-corrected chi connectivity index (χ3v) is 6.18. The Bertz CT molecular complexity index is 1310. The van der Waals surface area contributed by atoms with Crippen molar-refractivity contribution in [3.05, 3.63) is 93.0 Å². The number of alkyl halides is 3. The predicted molar refractivity (Wildman–Crippen MR) is 127 cm³/mol. The van der Waals surface area contributed by atoms with Crippen LogP contribution in [0.3, 0.4) is 0 Å². The monoisotopic (exact) mass is 516 g/mol. The van der Waals surface area contributed by atoms with Crippen molar-refractivity contribution in [1.29, 1.82) is 0 Å². The van der Waals surface area contributed by atoms with Crippen molar-refractivity contribution >= 4 is 11.6 Å². The molecule has 1 amide bonds. The molecule has 194 valence electrons. The van der Waals surface area contributed by atoms with E-state index in [1.165, 1.54) is 55.5 Å². The molecule has 3 aromatic rings. The Labute approximate surface area is 210 Å². The SMILES string of the molecule is COc1cc2c(cc1OC)C(COc1ccc([N+](=O)[O-])cc1)N(C(=O)c1ccccc1C(F)(F)F)CC2. The molecule has 3 aromatic carbocycles. The van der Waals surface area contributed by atoms with Crippen LogP contribution in [0.2, 0.25) is 0 Å². The summed E-state index contributed by atoms with van der Waals surface area (Å²) in [4.78, 5) is 25.3. The molecule has 1 atom stereocenters. The van der Waals surface area contributed by atoms with Crippen LogP contribution in [-0.4, -0.2) is 43.1 Å². The molecule has 0 aromatic heterocycles. The molecule has 0 saturated heterocycles. The Morgan fingerprint density at radius 1 is 1.05 bits per heavy atom. The molecule has 0 aliphatic carbocycles. The average molecular weight is 516 g/mol. The van der Waals surface area contributed by atoms with E-state index in [-0.39, 0.29) is 18.8 Å². The summed E-state index contributed by atoms with van der Waals surface area (Å²) in [5.41, 5.74) is -0.119. The lowest BCUT2D eigenvalue weighted by molar-refractivity contribution is -0.384. The number of rotatable bonds is 7. The van der Waals surface area contributed by atoms with Gasteiger partial charge in [-0.25, -0.2) is 0 Å². The van der Waals surface area contributed by atoms with Crippen LogP contribution < -0.4 is 14.2 Å². The number of nitro groups is 1. The van der Waals surface area contributed by atoms with E-state index in [4.69, 9.17) is 14.2 Å². The highest BCUT2D eigenvalue weighted by Crippen LogP contribution is 2.40. The molecule has 4 rings (SSSR count). The van der Waals surface area contributed by atoms with Gasteiger partial charge < -0.3 is 19.1 Å². The van der Waals surface area contributed by atoms with Gasteiger partial charge in [-0.3, -0.25) is 14.9 Å². The second-order valence-corrected chi connectivity index (χ2v) is 8.28. The van der Waals surface area contributed by atoms with Crippen LogP contribution in [-0.2, 0) is 12.6 Å². The molecule has 1 heterocycles. The van der Waals surface area contributed by atoms with Crippen LogP contribution in [0, 0.1) is 10.1 Å². The Hall–Kier alpha value is -4.28. The van der Waals surface area contributed by atoms with Gasteiger partial charge >= 0.3 is 6.18 Å². The number of nitrogens with zero attached hydrogens (tertiary/aromatic N) is 2. The minimum Gasteiger partial charge on any atom is -0.493 e. The highest BCUT2D eigenvalue weighted by atomic mass is 19.4. The fourth-order valence-electron chi connectivity index (χ4n) is 4.36. The van der Waals surface area contributed by atoms with Crippen LogP contribution in [0.5, 0.6) is 17.2 Å². The molecule has 0 bridgehead atoms. The standard InChI is InChI=1S/C26H23F3N2O6/c1-35-23-13-16-11-12-30(25(32)19-5-3-4-6-21(19)26(27,28)29)22(20(16)14-24(23)36-2)15-37-18-9-7-17(8-10-18)31(33)34/h3-10,13-14,22H,11-12,15H2,1-2H3. The van der Waals surface area contributed by atoms with Gasteiger partial charge in [0, 0.05) is 18.7 Å². The lowest BCUT2D eigenvalue weighted by Crippen LogP contribution is -2.43. The van der Waals surface area contributed by atoms with Gasteiger partial charge in [0.25, 0.3) is 11.6 Å². The second kappa shape index (κ2) is 10.4. The Kier molecular flexibility index (Phi) is 7.23. The fourth-order valence-corrected chi connectivity index (χ4v) is 4.36. The number of hydrogen-bond acceptors (Lipinski definition) is 6. The van der Waals surface area contributed by atoms with E-state index >= 15 is 0 Å². The molecule has 0 N–H and O–H groups in total. The number of carbonyl (C=O) groups is 1. The normalized spacial score (nSPS) is 15.1. The smallest absolute Gasteiger partial charge is 0.417 e. The minimum atomic E-state index is -4.71. The highest BCUT2D eigenvalue weighted by Gasteiger charge is 2.39. The second-order valence-electron chi connectivity index (χ2n) is 8.28. The van der Waals surface area contributed by atoms with E-state index in [9.17, 15) is 28.1 Å². The summed E-state index contributed by atoms with van der Waals surface area (Å²) in [7, 11) is 2.95. The van der Waals surface area contributed by atoms with Gasteiger partial charge in [-0.15, -0.1) is 0 Å². The highest BCUT2D eigenvalue weighted by molar-refractivity contribution is 5.96. The molecule has 1 aliphatic rings. The quantitative estimate of drug-likeness (QED) is 0.306. The summed E-state index contributed by atoms with van der Waals surface area (Å²) in [6.07, 6.45) is -4.33. The molecule has 1 aliphatic heterocycles. The molecule has 0 fully saturated rings. The van der Waals surface area contributed by atoms with E-state index in [1.54, 1.807) is 12.1 Å². The number of non-ortho nitro benzene ring substituents is 1. The third kappa shape index (κ3) is 5.30. The summed E-state index contributed by atoms with van der Waals surface area (Å²) in [6, 6.07) is 12.7. The van der Waals surface area contributed by atoms with Crippen molar-refractivity contribution in [3.8, 4) is 17.2 Å². The van der Waals surface area contributed by atoms with Crippen molar-refractivity contribution in [3.63, 3.8) is 0 Å². The van der Waals surface area contributed by atoms with Gasteiger partial charge in [-0.1, -0.05) is 12.1 Å². The van der Waals surface area contributed by atoms with Gasteiger partial charge in [-0.05, 0) is 53.9 Å². The molecule has 1 unspecified atom stereocenters. The topological polar surface area (TPSA) is 91.1 Å². The zero-order valence-electron chi connectivity index (χ0n) is 19.9. The van der Waals surface area contributed by atoms with Crippen LogP contribution in [0.25, 0.3) is 0 Å². The summed E-state index contributed by atoms with van der Waals surface area (Å²) in [6.45, 7) is 0.0298. The zero-order valence-corrected chi connectivity index (χ0v) is 19.9. The molecule has 37 heavy (non-hydrogen) atoms.